The molecule has 1 fully saturated rings. The molecule has 3 N–H and O–H groups in total. The maximum Gasteiger partial charge on any atom is 0.289 e. The largest absolute Gasteiger partial charge is 0.350 e. The Morgan fingerprint density at radius 2 is 2.12 bits per heavy atom. The van der Waals surface area contributed by atoms with E-state index >= 15 is 0 Å². The number of likely N-dealkylation sites (tertiary alicyclic amines) is 1. The number of hydrogen-bond donors (Lipinski definition) is 2. The van der Waals surface area contributed by atoms with Crippen molar-refractivity contribution in [3.05, 3.63) is 0 Å². The second-order valence-electron chi connectivity index (χ2n) is 3.67. The molecular formula is C10H17N3O3. The summed E-state index contributed by atoms with van der Waals surface area (Å²) in [6.45, 7) is 2.52. The highest BCUT2D eigenvalue weighted by Crippen LogP contribution is 2.17. The fraction of sp³-hybridized carbons (Fsp3) is 0.700. The number of amides is 2. The Morgan fingerprint density at radius 3 is 2.69 bits per heavy atom. The lowest BCUT2D eigenvalue weighted by molar-refractivity contribution is -0.143. The zero-order chi connectivity index (χ0) is 12.1. The SMILES string of the molecule is CCNC(=O)C(=O)C1CCCN1C(=O)CN. The van der Waals surface area contributed by atoms with Crippen LogP contribution in [0, 0.1) is 0 Å². The van der Waals surface area contributed by atoms with Gasteiger partial charge in [-0.3, -0.25) is 14.4 Å². The number of nitrogens with one attached hydrogen (secondary N) is 1. The van der Waals surface area contributed by atoms with Gasteiger partial charge in [-0.25, -0.2) is 0 Å². The zero-order valence-electron chi connectivity index (χ0n) is 9.36. The highest BCUT2D eigenvalue weighted by molar-refractivity contribution is 6.38. The summed E-state index contributed by atoms with van der Waals surface area (Å²) in [4.78, 5) is 35.9. The van der Waals surface area contributed by atoms with Gasteiger partial charge in [-0.1, -0.05) is 0 Å². The third-order valence-electron chi connectivity index (χ3n) is 2.61. The molecule has 1 heterocycles. The molecule has 0 aromatic carbocycles. The number of Topliss-reactive ketones (excluding diaryl/α,β-unsaturated/α-hetero) is 1. The molecule has 0 aliphatic carbocycles. The lowest BCUT2D eigenvalue weighted by atomic mass is 10.1. The third-order valence-corrected chi connectivity index (χ3v) is 2.61. The number of ketones is 1. The molecule has 0 bridgehead atoms. The predicted octanol–water partition coefficient (Wildman–Crippen LogP) is -1.36. The Labute approximate surface area is 94.2 Å². The Balaban J connectivity index is 2.67. The van der Waals surface area contributed by atoms with E-state index in [0.717, 1.165) is 6.42 Å². The summed E-state index contributed by atoms with van der Waals surface area (Å²) < 4.78 is 0. The van der Waals surface area contributed by atoms with Crippen LogP contribution in [0.2, 0.25) is 0 Å². The first kappa shape index (κ1) is 12.6. The van der Waals surface area contributed by atoms with Crippen LogP contribution in [0.4, 0.5) is 0 Å². The van der Waals surface area contributed by atoms with Crippen LogP contribution >= 0.6 is 0 Å². The fourth-order valence-electron chi connectivity index (χ4n) is 1.85. The van der Waals surface area contributed by atoms with Crippen molar-refractivity contribution in [2.45, 2.75) is 25.8 Å². The van der Waals surface area contributed by atoms with Crippen molar-refractivity contribution in [2.24, 2.45) is 5.73 Å². The highest BCUT2D eigenvalue weighted by Gasteiger charge is 2.36. The van der Waals surface area contributed by atoms with E-state index in [1.54, 1.807) is 6.92 Å². The summed E-state index contributed by atoms with van der Waals surface area (Å²) in [6, 6.07) is -0.623. The number of nitrogens with zero attached hydrogens (tertiary/aromatic N) is 1. The summed E-state index contributed by atoms with van der Waals surface area (Å²) in [6.07, 6.45) is 1.28. The van der Waals surface area contributed by atoms with Gasteiger partial charge in [0.05, 0.1) is 6.54 Å². The molecule has 6 heteroatoms. The molecule has 2 amide bonds. The Kier molecular flexibility index (Phi) is 4.42. The summed E-state index contributed by atoms with van der Waals surface area (Å²) >= 11 is 0. The van der Waals surface area contributed by atoms with Crippen molar-refractivity contribution in [2.75, 3.05) is 19.6 Å². The zero-order valence-corrected chi connectivity index (χ0v) is 9.36. The van der Waals surface area contributed by atoms with Crippen molar-refractivity contribution >= 4 is 17.6 Å². The van der Waals surface area contributed by atoms with Gasteiger partial charge in [0, 0.05) is 13.1 Å². The van der Waals surface area contributed by atoms with E-state index in [0.29, 0.717) is 19.5 Å². The van der Waals surface area contributed by atoms with Crippen molar-refractivity contribution in [3.63, 3.8) is 0 Å². The molecule has 0 aromatic heterocycles. The molecule has 1 aliphatic heterocycles. The normalized spacial score (nSPS) is 19.6. The van der Waals surface area contributed by atoms with Gasteiger partial charge in [0.25, 0.3) is 5.91 Å². The van der Waals surface area contributed by atoms with Crippen molar-refractivity contribution in [1.82, 2.24) is 10.2 Å². The second-order valence-corrected chi connectivity index (χ2v) is 3.67. The van der Waals surface area contributed by atoms with Gasteiger partial charge in [-0.2, -0.15) is 0 Å². The Bertz CT molecular complexity index is 304. The van der Waals surface area contributed by atoms with Gasteiger partial charge in [0.1, 0.15) is 6.04 Å². The van der Waals surface area contributed by atoms with Crippen LogP contribution in [0.15, 0.2) is 0 Å². The average Bonchev–Trinajstić information content (AvgIpc) is 2.76. The van der Waals surface area contributed by atoms with E-state index in [1.165, 1.54) is 4.90 Å². The molecule has 0 spiro atoms. The summed E-state index contributed by atoms with van der Waals surface area (Å²) in [5.74, 6) is -1.44. The van der Waals surface area contributed by atoms with Crippen LogP contribution in [-0.4, -0.2) is 48.2 Å². The first-order valence-corrected chi connectivity index (χ1v) is 5.43. The first-order chi connectivity index (χ1) is 7.61. The first-order valence-electron chi connectivity index (χ1n) is 5.43. The van der Waals surface area contributed by atoms with Gasteiger partial charge in [-0.05, 0) is 19.8 Å². The number of rotatable bonds is 4. The van der Waals surface area contributed by atoms with E-state index in [1.807, 2.05) is 0 Å². The average molecular weight is 227 g/mol. The molecule has 1 aliphatic rings. The molecule has 1 atom stereocenters. The molecule has 16 heavy (non-hydrogen) atoms. The van der Waals surface area contributed by atoms with E-state index in [2.05, 4.69) is 5.32 Å². The van der Waals surface area contributed by atoms with Crippen molar-refractivity contribution in [1.29, 1.82) is 0 Å². The third kappa shape index (κ3) is 2.57. The lowest BCUT2D eigenvalue weighted by Crippen LogP contribution is -2.48. The molecule has 1 saturated heterocycles. The monoisotopic (exact) mass is 227 g/mol. The minimum Gasteiger partial charge on any atom is -0.350 e. The number of hydrogen-bond acceptors (Lipinski definition) is 4. The minimum atomic E-state index is -0.623. The fourth-order valence-corrected chi connectivity index (χ4v) is 1.85. The van der Waals surface area contributed by atoms with Crippen LogP contribution in [0.25, 0.3) is 0 Å². The van der Waals surface area contributed by atoms with E-state index < -0.39 is 17.7 Å². The molecule has 0 radical (unpaired) electrons. The van der Waals surface area contributed by atoms with E-state index in [4.69, 9.17) is 5.73 Å². The minimum absolute atomic E-state index is 0.126. The number of nitrogens with two attached hydrogens (primary N) is 1. The van der Waals surface area contributed by atoms with E-state index in [-0.39, 0.29) is 12.5 Å². The van der Waals surface area contributed by atoms with Crippen LogP contribution in [0.1, 0.15) is 19.8 Å². The van der Waals surface area contributed by atoms with Gasteiger partial charge < -0.3 is 16.0 Å². The molecule has 0 saturated carbocycles. The topological polar surface area (TPSA) is 92.5 Å². The molecular weight excluding hydrogens is 210 g/mol. The summed E-state index contributed by atoms with van der Waals surface area (Å²) in [7, 11) is 0. The van der Waals surface area contributed by atoms with E-state index in [9.17, 15) is 14.4 Å². The van der Waals surface area contributed by atoms with Gasteiger partial charge >= 0.3 is 0 Å². The second kappa shape index (κ2) is 5.60. The van der Waals surface area contributed by atoms with Crippen LogP contribution in [0.5, 0.6) is 0 Å². The molecule has 90 valence electrons. The molecule has 1 unspecified atom stereocenters. The van der Waals surface area contributed by atoms with Crippen LogP contribution in [0.3, 0.4) is 0 Å². The molecule has 0 aromatic rings. The number of carbonyl (C=O) groups is 3. The van der Waals surface area contributed by atoms with Gasteiger partial charge in [0.2, 0.25) is 11.7 Å². The van der Waals surface area contributed by atoms with Gasteiger partial charge in [0.15, 0.2) is 0 Å². The Hall–Kier alpha value is -1.43. The smallest absolute Gasteiger partial charge is 0.289 e. The van der Waals surface area contributed by atoms with Gasteiger partial charge in [-0.15, -0.1) is 0 Å². The lowest BCUT2D eigenvalue weighted by Gasteiger charge is -2.22. The van der Waals surface area contributed by atoms with Crippen molar-refractivity contribution < 1.29 is 14.4 Å². The molecule has 1 rings (SSSR count). The standard InChI is InChI=1S/C10H17N3O3/c1-2-12-10(16)9(15)7-4-3-5-13(7)8(14)6-11/h7H,2-6,11H2,1H3,(H,12,16). The number of likely N-dealkylation sites (N-methyl/N-ethyl adjacent to an activating group) is 1. The van der Waals surface area contributed by atoms with Crippen molar-refractivity contribution in [3.8, 4) is 0 Å². The maximum absolute atomic E-state index is 11.7. The quantitative estimate of drug-likeness (QED) is 0.580. The molecule has 6 nitrogen and oxygen atoms in total. The van der Waals surface area contributed by atoms with Crippen LogP contribution in [-0.2, 0) is 14.4 Å². The Morgan fingerprint density at radius 1 is 1.44 bits per heavy atom. The summed E-state index contributed by atoms with van der Waals surface area (Å²) in [5.41, 5.74) is 5.25. The maximum atomic E-state index is 11.7. The highest BCUT2D eigenvalue weighted by atomic mass is 16.2. The number of carbonyl (C=O) groups excluding carboxylic acids is 3. The van der Waals surface area contributed by atoms with Crippen LogP contribution < -0.4 is 11.1 Å². The summed E-state index contributed by atoms with van der Waals surface area (Å²) in [5, 5.41) is 2.44. The predicted molar refractivity (Wildman–Crippen MR) is 57.5 cm³/mol.